The van der Waals surface area contributed by atoms with E-state index in [2.05, 4.69) is 20.8 Å². The normalized spacial score (nSPS) is 32.2. The number of hydrogen-bond acceptors (Lipinski definition) is 5. The number of nitrogens with two attached hydrogens (primary N) is 1. The molecule has 3 fully saturated rings. The van der Waals surface area contributed by atoms with Crippen LogP contribution in [0.5, 0.6) is 0 Å². The topological polar surface area (TPSA) is 135 Å². The van der Waals surface area contributed by atoms with Crippen LogP contribution < -0.4 is 5.14 Å². The smallest absolute Gasteiger partial charge is 0.265 e. The molecule has 9 heteroatoms. The number of aliphatic hydroxyl groups excluding tert-OH is 1. The van der Waals surface area contributed by atoms with E-state index in [0.29, 0.717) is 30.3 Å². The maximum Gasteiger partial charge on any atom is 0.265 e. The van der Waals surface area contributed by atoms with E-state index in [1.165, 1.54) is 38.5 Å². The van der Waals surface area contributed by atoms with Gasteiger partial charge in [-0.2, -0.15) is 8.42 Å². The highest BCUT2D eigenvalue weighted by atomic mass is 32.2. The average Bonchev–Trinajstić information content (AvgIpc) is 2.71. The van der Waals surface area contributed by atoms with Gasteiger partial charge in [-0.3, -0.25) is 4.55 Å². The molecule has 3 rings (SSSR count). The van der Waals surface area contributed by atoms with Gasteiger partial charge in [0.25, 0.3) is 10.1 Å². The molecule has 0 radical (unpaired) electrons. The summed E-state index contributed by atoms with van der Waals surface area (Å²) >= 11 is 0. The quantitative estimate of drug-likeness (QED) is 0.418. The minimum atomic E-state index is -3.76. The van der Waals surface area contributed by atoms with Crippen molar-refractivity contribution >= 4 is 20.1 Å². The third-order valence-corrected chi connectivity index (χ3v) is 9.72. The molecule has 0 aromatic heterocycles. The van der Waals surface area contributed by atoms with E-state index in [-0.39, 0.29) is 24.9 Å². The van der Waals surface area contributed by atoms with Gasteiger partial charge in [-0.15, -0.1) is 0 Å². The van der Waals surface area contributed by atoms with E-state index in [4.69, 9.17) is 14.8 Å². The Morgan fingerprint density at radius 3 is 1.24 bits per heavy atom. The van der Waals surface area contributed by atoms with E-state index in [1.54, 1.807) is 0 Å². The van der Waals surface area contributed by atoms with E-state index in [1.807, 2.05) is 0 Å². The maximum absolute atomic E-state index is 10.8. The van der Waals surface area contributed by atoms with Crippen LogP contribution in [0.15, 0.2) is 0 Å². The third kappa shape index (κ3) is 15.0. The number of aliphatic hydroxyl groups is 1. The fourth-order valence-corrected chi connectivity index (χ4v) is 7.64. The van der Waals surface area contributed by atoms with Gasteiger partial charge in [0.2, 0.25) is 10.0 Å². The lowest BCUT2D eigenvalue weighted by Crippen LogP contribution is -2.28. The van der Waals surface area contributed by atoms with Crippen molar-refractivity contribution in [1.29, 1.82) is 0 Å². The molecule has 0 amide bonds. The Morgan fingerprint density at radius 2 is 0.971 bits per heavy atom. The second-order valence-corrected chi connectivity index (χ2v) is 14.0. The minimum absolute atomic E-state index is 0. The van der Waals surface area contributed by atoms with Gasteiger partial charge < -0.3 is 5.11 Å². The van der Waals surface area contributed by atoms with Crippen LogP contribution in [-0.4, -0.2) is 44.6 Å². The SMILES string of the molecule is C.CC1CCCCC1CO.CC1CCCCC1CS(=O)(=O)O.CC1CCCCC1CS(N)(=O)=O. The molecule has 0 aromatic carbocycles. The van der Waals surface area contributed by atoms with Crippen LogP contribution in [-0.2, 0) is 20.1 Å². The Kier molecular flexibility index (Phi) is 16.4. The molecule has 6 unspecified atom stereocenters. The zero-order chi connectivity index (χ0) is 25.1. The van der Waals surface area contributed by atoms with Gasteiger partial charge in [-0.05, 0) is 54.8 Å². The Labute approximate surface area is 210 Å². The van der Waals surface area contributed by atoms with Crippen molar-refractivity contribution in [3.63, 3.8) is 0 Å². The zero-order valence-corrected chi connectivity index (χ0v) is 22.6. The minimum Gasteiger partial charge on any atom is -0.396 e. The lowest BCUT2D eigenvalue weighted by Gasteiger charge is -2.27. The predicted octanol–water partition coefficient (Wildman–Crippen LogP) is 5.24. The fraction of sp³-hybridized carbons (Fsp3) is 1.00. The molecular formula is C25H53NO6S2. The molecule has 0 saturated heterocycles. The summed E-state index contributed by atoms with van der Waals surface area (Å²) in [6.07, 6.45) is 14.2. The fourth-order valence-electron chi connectivity index (χ4n) is 5.51. The van der Waals surface area contributed by atoms with E-state index in [0.717, 1.165) is 44.4 Å². The standard InChI is InChI=1S/C8H17NO2S.C8H16O3S.C8H16O.CH4/c2*1-7-4-2-3-5-8(7)6-12(9,10)11;1-7-4-2-3-5-8(7)6-9;/h7-8H,2-6H2,1H3,(H2,9,10,11);7-8H,2-6H2,1H3,(H,9,10,11);7-9H,2-6H2,1H3;1H4. The molecule has 3 aliphatic carbocycles. The molecule has 0 heterocycles. The van der Waals surface area contributed by atoms with Crippen LogP contribution >= 0.6 is 0 Å². The molecule has 6 atom stereocenters. The summed E-state index contributed by atoms with van der Waals surface area (Å²) in [5.74, 6) is 2.95. The first-order chi connectivity index (χ1) is 15.3. The molecule has 34 heavy (non-hydrogen) atoms. The Morgan fingerprint density at radius 1 is 0.647 bits per heavy atom. The van der Waals surface area contributed by atoms with Crippen molar-refractivity contribution in [2.75, 3.05) is 18.1 Å². The Hall–Kier alpha value is -0.220. The second kappa shape index (κ2) is 16.5. The molecule has 3 saturated carbocycles. The molecule has 3 aliphatic rings. The van der Waals surface area contributed by atoms with Crippen molar-refractivity contribution in [2.45, 2.75) is 105 Å². The van der Waals surface area contributed by atoms with E-state index in [9.17, 15) is 16.8 Å². The van der Waals surface area contributed by atoms with Gasteiger partial charge in [0, 0.05) is 6.61 Å². The van der Waals surface area contributed by atoms with Crippen LogP contribution in [0, 0.1) is 35.5 Å². The van der Waals surface area contributed by atoms with Gasteiger partial charge in [0.05, 0.1) is 11.5 Å². The highest BCUT2D eigenvalue weighted by molar-refractivity contribution is 7.89. The second-order valence-electron chi connectivity index (χ2n) is 10.8. The average molecular weight is 528 g/mol. The molecule has 0 bridgehead atoms. The van der Waals surface area contributed by atoms with Gasteiger partial charge >= 0.3 is 0 Å². The molecular weight excluding hydrogens is 474 g/mol. The molecule has 0 aliphatic heterocycles. The van der Waals surface area contributed by atoms with Crippen molar-refractivity contribution < 1.29 is 26.5 Å². The lowest BCUT2D eigenvalue weighted by molar-refractivity contribution is 0.144. The van der Waals surface area contributed by atoms with Gasteiger partial charge in [0.15, 0.2) is 0 Å². The van der Waals surface area contributed by atoms with Crippen LogP contribution in [0.3, 0.4) is 0 Å². The summed E-state index contributed by atoms with van der Waals surface area (Å²) in [6.45, 7) is 6.84. The molecule has 0 aromatic rings. The van der Waals surface area contributed by atoms with Crippen LogP contribution in [0.1, 0.15) is 105 Å². The van der Waals surface area contributed by atoms with Crippen LogP contribution in [0.25, 0.3) is 0 Å². The summed E-state index contributed by atoms with van der Waals surface area (Å²) in [5, 5.41) is 13.9. The summed E-state index contributed by atoms with van der Waals surface area (Å²) < 4.78 is 51.5. The first-order valence-corrected chi connectivity index (χ1v) is 16.2. The van der Waals surface area contributed by atoms with Crippen molar-refractivity contribution in [2.24, 2.45) is 40.6 Å². The van der Waals surface area contributed by atoms with Crippen LogP contribution in [0.4, 0.5) is 0 Å². The number of hydrogen-bond donors (Lipinski definition) is 3. The highest BCUT2D eigenvalue weighted by Crippen LogP contribution is 2.31. The van der Waals surface area contributed by atoms with Gasteiger partial charge in [-0.1, -0.05) is 86.0 Å². The van der Waals surface area contributed by atoms with Gasteiger partial charge in [-0.25, -0.2) is 13.6 Å². The van der Waals surface area contributed by atoms with Crippen LogP contribution in [0.2, 0.25) is 0 Å². The molecule has 7 nitrogen and oxygen atoms in total. The predicted molar refractivity (Wildman–Crippen MR) is 142 cm³/mol. The Bertz CT molecular complexity index is 689. The monoisotopic (exact) mass is 527 g/mol. The molecule has 206 valence electrons. The lowest BCUT2D eigenvalue weighted by atomic mass is 9.81. The number of sulfonamides is 1. The summed E-state index contributed by atoms with van der Waals surface area (Å²) in [5.41, 5.74) is 0. The summed E-state index contributed by atoms with van der Waals surface area (Å²) in [7, 11) is -7.01. The maximum atomic E-state index is 10.8. The summed E-state index contributed by atoms with van der Waals surface area (Å²) in [6, 6.07) is 0. The van der Waals surface area contributed by atoms with E-state index >= 15 is 0 Å². The van der Waals surface area contributed by atoms with Gasteiger partial charge in [0.1, 0.15) is 0 Å². The first-order valence-electron chi connectivity index (χ1n) is 12.9. The number of primary sulfonamides is 1. The zero-order valence-electron chi connectivity index (χ0n) is 21.0. The van der Waals surface area contributed by atoms with Crippen molar-refractivity contribution in [3.8, 4) is 0 Å². The molecule has 0 spiro atoms. The van der Waals surface area contributed by atoms with Crippen molar-refractivity contribution in [1.82, 2.24) is 0 Å². The third-order valence-electron chi connectivity index (χ3n) is 7.97. The first kappa shape index (κ1) is 33.8. The molecule has 4 N–H and O–H groups in total. The highest BCUT2D eigenvalue weighted by Gasteiger charge is 2.26. The van der Waals surface area contributed by atoms with Crippen molar-refractivity contribution in [3.05, 3.63) is 0 Å². The summed E-state index contributed by atoms with van der Waals surface area (Å²) in [4.78, 5) is 0. The number of rotatable bonds is 5. The Balaban J connectivity index is 0.000000479. The van der Waals surface area contributed by atoms with E-state index < -0.39 is 20.1 Å². The largest absolute Gasteiger partial charge is 0.396 e.